The predicted octanol–water partition coefficient (Wildman–Crippen LogP) is 6.19. The van der Waals surface area contributed by atoms with Crippen molar-refractivity contribution in [2.45, 2.75) is 26.2 Å². The molecule has 1 aliphatic heterocycles. The van der Waals surface area contributed by atoms with Gasteiger partial charge in [-0.25, -0.2) is 14.8 Å². The Balaban J connectivity index is 1.45. The standard InChI is InChI=1S/C30H28BrN5O2/c1-2-3-11-26(37)38-34-29-22-9-5-4-8-21(22)27-23-19-20(31)12-13-24(23)33-30(28(27)29)36-17-15-35(16-18-36)25-10-6-7-14-32-25/h4-10,12-14,19H,2-3,11,15-18H2,1H3/b34-29+. The van der Waals surface area contributed by atoms with Crippen LogP contribution in [0, 0.1) is 0 Å². The molecule has 3 heterocycles. The van der Waals surface area contributed by atoms with Gasteiger partial charge in [0.15, 0.2) is 0 Å². The fourth-order valence-corrected chi connectivity index (χ4v) is 5.61. The number of anilines is 2. The minimum atomic E-state index is -0.313. The molecule has 0 saturated carbocycles. The van der Waals surface area contributed by atoms with Crippen molar-refractivity contribution in [3.63, 3.8) is 0 Å². The summed E-state index contributed by atoms with van der Waals surface area (Å²) in [7, 11) is 0. The number of pyridine rings is 2. The Morgan fingerprint density at radius 1 is 0.974 bits per heavy atom. The number of piperazine rings is 1. The molecular formula is C30H28BrN5O2. The van der Waals surface area contributed by atoms with Gasteiger partial charge in [0.1, 0.15) is 17.3 Å². The topological polar surface area (TPSA) is 70.9 Å². The van der Waals surface area contributed by atoms with Gasteiger partial charge in [-0.2, -0.15) is 0 Å². The summed E-state index contributed by atoms with van der Waals surface area (Å²) in [6.45, 7) is 5.29. The molecule has 2 aromatic heterocycles. The number of nitrogens with zero attached hydrogens (tertiary/aromatic N) is 5. The van der Waals surface area contributed by atoms with Crippen LogP contribution in [0.2, 0.25) is 0 Å². The molecule has 1 aliphatic carbocycles. The van der Waals surface area contributed by atoms with E-state index in [9.17, 15) is 4.79 Å². The second-order valence-corrected chi connectivity index (χ2v) is 10.5. The first-order valence-electron chi connectivity index (χ1n) is 13.1. The lowest BCUT2D eigenvalue weighted by molar-refractivity contribution is -0.143. The zero-order chi connectivity index (χ0) is 26.1. The summed E-state index contributed by atoms with van der Waals surface area (Å²) >= 11 is 3.64. The molecule has 0 N–H and O–H groups in total. The van der Waals surface area contributed by atoms with Crippen LogP contribution in [0.3, 0.4) is 0 Å². The summed E-state index contributed by atoms with van der Waals surface area (Å²) in [5.41, 5.74) is 5.61. The summed E-state index contributed by atoms with van der Waals surface area (Å²) in [5.74, 6) is 1.55. The van der Waals surface area contributed by atoms with Crippen molar-refractivity contribution >= 4 is 50.1 Å². The van der Waals surface area contributed by atoms with Gasteiger partial charge < -0.3 is 14.6 Å². The van der Waals surface area contributed by atoms with Crippen molar-refractivity contribution in [1.29, 1.82) is 0 Å². The van der Waals surface area contributed by atoms with Crippen molar-refractivity contribution in [2.75, 3.05) is 36.0 Å². The maximum atomic E-state index is 12.4. The quantitative estimate of drug-likeness (QED) is 0.179. The number of hydrogen-bond donors (Lipinski definition) is 0. The van der Waals surface area contributed by atoms with Crippen LogP contribution in [-0.4, -0.2) is 47.8 Å². The van der Waals surface area contributed by atoms with Gasteiger partial charge in [-0.15, -0.1) is 0 Å². The lowest BCUT2D eigenvalue weighted by atomic mass is 10.0. The van der Waals surface area contributed by atoms with Gasteiger partial charge in [0.2, 0.25) is 0 Å². The zero-order valence-corrected chi connectivity index (χ0v) is 22.8. The number of aromatic nitrogens is 2. The van der Waals surface area contributed by atoms with Gasteiger partial charge in [0.05, 0.1) is 11.1 Å². The third-order valence-corrected chi connectivity index (χ3v) is 7.64. The fourth-order valence-electron chi connectivity index (χ4n) is 5.24. The van der Waals surface area contributed by atoms with E-state index < -0.39 is 0 Å². The van der Waals surface area contributed by atoms with Crippen LogP contribution >= 0.6 is 15.9 Å². The molecule has 6 rings (SSSR count). The van der Waals surface area contributed by atoms with Crippen molar-refractivity contribution < 1.29 is 9.63 Å². The maximum absolute atomic E-state index is 12.4. The summed E-state index contributed by atoms with van der Waals surface area (Å²) in [6.07, 6.45) is 3.89. The van der Waals surface area contributed by atoms with E-state index in [0.717, 1.165) is 88.3 Å². The van der Waals surface area contributed by atoms with Gasteiger partial charge in [0, 0.05) is 59.8 Å². The summed E-state index contributed by atoms with van der Waals surface area (Å²) < 4.78 is 0.986. The van der Waals surface area contributed by atoms with Gasteiger partial charge >= 0.3 is 5.97 Å². The van der Waals surface area contributed by atoms with Crippen molar-refractivity contribution in [2.24, 2.45) is 5.16 Å². The highest BCUT2D eigenvalue weighted by Crippen LogP contribution is 2.45. The number of carbonyl (C=O) groups is 1. The number of rotatable bonds is 6. The van der Waals surface area contributed by atoms with E-state index in [0.29, 0.717) is 12.1 Å². The normalized spacial score (nSPS) is 15.6. The van der Waals surface area contributed by atoms with Crippen LogP contribution < -0.4 is 9.80 Å². The molecule has 2 aliphatic rings. The molecule has 38 heavy (non-hydrogen) atoms. The summed E-state index contributed by atoms with van der Waals surface area (Å²) in [5, 5.41) is 5.52. The fraction of sp³-hybridized carbons (Fsp3) is 0.267. The Hall–Kier alpha value is -3.78. The molecule has 0 atom stereocenters. The van der Waals surface area contributed by atoms with Crippen LogP contribution in [-0.2, 0) is 9.63 Å². The van der Waals surface area contributed by atoms with E-state index >= 15 is 0 Å². The SMILES string of the molecule is CCCCC(=O)O/N=C1\c2ccccc2-c2c1c(N1CCN(c3ccccn3)CC1)nc1ccc(Br)cc21. The number of oxime groups is 1. The average molecular weight is 570 g/mol. The Morgan fingerprint density at radius 2 is 1.74 bits per heavy atom. The van der Waals surface area contributed by atoms with E-state index in [2.05, 4.69) is 61.0 Å². The molecule has 7 nitrogen and oxygen atoms in total. The van der Waals surface area contributed by atoms with Crippen LogP contribution in [0.1, 0.15) is 37.3 Å². The van der Waals surface area contributed by atoms with Crippen molar-refractivity contribution in [1.82, 2.24) is 9.97 Å². The molecular weight excluding hydrogens is 542 g/mol. The molecule has 0 radical (unpaired) electrons. The molecule has 192 valence electrons. The third-order valence-electron chi connectivity index (χ3n) is 7.14. The van der Waals surface area contributed by atoms with Crippen molar-refractivity contribution in [3.05, 3.63) is 82.5 Å². The smallest absolute Gasteiger partial charge is 0.335 e. The number of halogens is 1. The molecule has 1 fully saturated rings. The van der Waals surface area contributed by atoms with Gasteiger partial charge in [-0.3, -0.25) is 0 Å². The molecule has 0 bridgehead atoms. The lowest BCUT2D eigenvalue weighted by Gasteiger charge is -2.37. The zero-order valence-electron chi connectivity index (χ0n) is 21.2. The van der Waals surface area contributed by atoms with E-state index in [1.165, 1.54) is 0 Å². The van der Waals surface area contributed by atoms with Gasteiger partial charge in [0.25, 0.3) is 0 Å². The number of fused-ring (bicyclic) bond motifs is 5. The molecule has 0 unspecified atom stereocenters. The van der Waals surface area contributed by atoms with E-state index in [4.69, 9.17) is 9.82 Å². The number of benzene rings is 2. The minimum Gasteiger partial charge on any atom is -0.353 e. The Labute approximate surface area is 230 Å². The molecule has 1 saturated heterocycles. The molecule has 8 heteroatoms. The largest absolute Gasteiger partial charge is 0.353 e. The Morgan fingerprint density at radius 3 is 2.50 bits per heavy atom. The van der Waals surface area contributed by atoms with E-state index in [1.807, 2.05) is 48.7 Å². The molecule has 4 aromatic rings. The maximum Gasteiger partial charge on any atom is 0.335 e. The first kappa shape index (κ1) is 24.6. The first-order valence-corrected chi connectivity index (χ1v) is 13.9. The van der Waals surface area contributed by atoms with Crippen LogP contribution in [0.15, 0.2) is 76.5 Å². The molecule has 2 aromatic carbocycles. The predicted molar refractivity (Wildman–Crippen MR) is 155 cm³/mol. The highest BCUT2D eigenvalue weighted by molar-refractivity contribution is 9.10. The first-order chi connectivity index (χ1) is 18.6. The lowest BCUT2D eigenvalue weighted by Crippen LogP contribution is -2.47. The Kier molecular flexibility index (Phi) is 6.81. The number of carbonyl (C=O) groups excluding carboxylic acids is 1. The molecule has 0 spiro atoms. The highest BCUT2D eigenvalue weighted by Gasteiger charge is 2.34. The second kappa shape index (κ2) is 10.5. The monoisotopic (exact) mass is 569 g/mol. The summed E-state index contributed by atoms with van der Waals surface area (Å²) in [6, 6.07) is 20.4. The Bertz CT molecular complexity index is 1530. The van der Waals surface area contributed by atoms with Crippen LogP contribution in [0.5, 0.6) is 0 Å². The van der Waals surface area contributed by atoms with Crippen LogP contribution in [0.25, 0.3) is 22.0 Å². The van der Waals surface area contributed by atoms with Crippen LogP contribution in [0.4, 0.5) is 11.6 Å². The summed E-state index contributed by atoms with van der Waals surface area (Å²) in [4.78, 5) is 32.2. The van der Waals surface area contributed by atoms with E-state index in [-0.39, 0.29) is 5.97 Å². The molecule has 0 amide bonds. The number of unbranched alkanes of at least 4 members (excludes halogenated alkanes) is 1. The average Bonchev–Trinajstić information content (AvgIpc) is 3.30. The highest BCUT2D eigenvalue weighted by atomic mass is 79.9. The third kappa shape index (κ3) is 4.53. The van der Waals surface area contributed by atoms with Crippen molar-refractivity contribution in [3.8, 4) is 11.1 Å². The van der Waals surface area contributed by atoms with Gasteiger partial charge in [-0.05, 0) is 42.3 Å². The van der Waals surface area contributed by atoms with E-state index in [1.54, 1.807) is 0 Å². The second-order valence-electron chi connectivity index (χ2n) is 9.56. The minimum absolute atomic E-state index is 0.313. The van der Waals surface area contributed by atoms with Gasteiger partial charge in [-0.1, -0.05) is 64.8 Å². The number of hydrogen-bond acceptors (Lipinski definition) is 7.